The molecule has 0 saturated heterocycles. The molecule has 0 aliphatic heterocycles. The van der Waals surface area contributed by atoms with Crippen molar-refractivity contribution in [3.8, 4) is 0 Å². The summed E-state index contributed by atoms with van der Waals surface area (Å²) in [6, 6.07) is 7.99. The van der Waals surface area contributed by atoms with Crippen molar-refractivity contribution in [2.75, 3.05) is 12.4 Å². The molecule has 0 unspecified atom stereocenters. The van der Waals surface area contributed by atoms with Crippen molar-refractivity contribution < 1.29 is 9.53 Å². The van der Waals surface area contributed by atoms with Crippen molar-refractivity contribution >= 4 is 11.7 Å². The molecule has 0 heterocycles. The van der Waals surface area contributed by atoms with E-state index in [-0.39, 0.29) is 11.4 Å². The molecule has 0 saturated carbocycles. The van der Waals surface area contributed by atoms with Crippen molar-refractivity contribution in [3.05, 3.63) is 41.0 Å². The van der Waals surface area contributed by atoms with Gasteiger partial charge in [0.15, 0.2) is 0 Å². The summed E-state index contributed by atoms with van der Waals surface area (Å²) in [5.74, 6) is -0.282. The molecule has 0 aromatic heterocycles. The number of benzene rings is 1. The predicted octanol–water partition coefficient (Wildman–Crippen LogP) is 5.58. The molecule has 1 aromatic rings. The number of carbonyl (C=O) groups is 1. The molecule has 25 heavy (non-hydrogen) atoms. The van der Waals surface area contributed by atoms with E-state index in [4.69, 9.17) is 4.74 Å². The van der Waals surface area contributed by atoms with E-state index < -0.39 is 0 Å². The quantitative estimate of drug-likeness (QED) is 0.576. The molecule has 1 N–H and O–H groups in total. The third-order valence-electron chi connectivity index (χ3n) is 6.21. The molecule has 2 aliphatic carbocycles. The zero-order valence-corrected chi connectivity index (χ0v) is 16.2. The van der Waals surface area contributed by atoms with Crippen LogP contribution in [0.4, 0.5) is 5.69 Å². The Morgan fingerprint density at radius 3 is 2.64 bits per heavy atom. The van der Waals surface area contributed by atoms with Gasteiger partial charge in [0.05, 0.1) is 12.7 Å². The van der Waals surface area contributed by atoms with E-state index >= 15 is 0 Å². The highest BCUT2D eigenvalue weighted by Gasteiger charge is 2.42. The van der Waals surface area contributed by atoms with Gasteiger partial charge in [-0.05, 0) is 55.1 Å². The number of esters is 1. The smallest absolute Gasteiger partial charge is 0.339 e. The maximum Gasteiger partial charge on any atom is 0.339 e. The number of allylic oxidation sites excluding steroid dienone is 1. The number of ether oxygens (including phenoxy) is 1. The average molecular weight is 341 g/mol. The third-order valence-corrected chi connectivity index (χ3v) is 6.21. The summed E-state index contributed by atoms with van der Waals surface area (Å²) in [5.41, 5.74) is 5.30. The van der Waals surface area contributed by atoms with E-state index in [0.717, 1.165) is 18.5 Å². The molecule has 2 aliphatic rings. The lowest BCUT2D eigenvalue weighted by Gasteiger charge is -2.48. The van der Waals surface area contributed by atoms with Crippen molar-refractivity contribution in [2.24, 2.45) is 10.8 Å². The lowest BCUT2D eigenvalue weighted by atomic mass is 9.60. The molecule has 1 atom stereocenters. The number of nitrogens with one attached hydrogen (secondary N) is 1. The second-order valence-electron chi connectivity index (χ2n) is 8.92. The molecular weight excluding hydrogens is 310 g/mol. The van der Waals surface area contributed by atoms with Gasteiger partial charge in [0.1, 0.15) is 0 Å². The van der Waals surface area contributed by atoms with Gasteiger partial charge in [0.25, 0.3) is 0 Å². The Morgan fingerprint density at radius 1 is 1.20 bits per heavy atom. The highest BCUT2D eigenvalue weighted by Crippen LogP contribution is 2.52. The van der Waals surface area contributed by atoms with E-state index in [2.05, 4.69) is 33.0 Å². The molecule has 1 aromatic carbocycles. The topological polar surface area (TPSA) is 38.3 Å². The fourth-order valence-corrected chi connectivity index (χ4v) is 4.55. The van der Waals surface area contributed by atoms with Crippen LogP contribution in [-0.4, -0.2) is 19.1 Å². The van der Waals surface area contributed by atoms with Crippen molar-refractivity contribution in [3.63, 3.8) is 0 Å². The minimum Gasteiger partial charge on any atom is -0.465 e. The summed E-state index contributed by atoms with van der Waals surface area (Å²) in [6.45, 7) is 9.50. The van der Waals surface area contributed by atoms with E-state index in [9.17, 15) is 4.79 Å². The van der Waals surface area contributed by atoms with Gasteiger partial charge in [-0.1, -0.05) is 51.0 Å². The van der Waals surface area contributed by atoms with Crippen LogP contribution in [0.3, 0.4) is 0 Å². The normalized spacial score (nSPS) is 24.4. The van der Waals surface area contributed by atoms with Gasteiger partial charge in [-0.2, -0.15) is 0 Å². The number of para-hydroxylation sites is 1. The third kappa shape index (κ3) is 3.47. The lowest BCUT2D eigenvalue weighted by Crippen LogP contribution is -2.43. The summed E-state index contributed by atoms with van der Waals surface area (Å²) < 4.78 is 4.94. The van der Waals surface area contributed by atoms with Crippen LogP contribution in [0, 0.1) is 10.8 Å². The summed E-state index contributed by atoms with van der Waals surface area (Å²) in [6.07, 6.45) is 6.02. The van der Waals surface area contributed by atoms with Crippen molar-refractivity contribution in [1.82, 2.24) is 0 Å². The first kappa shape index (κ1) is 18.0. The Kier molecular flexibility index (Phi) is 4.70. The Hall–Kier alpha value is -1.77. The SMILES string of the molecule is COC(=O)c1ccccc1N[C@H]1CC2=C(CC1(C)C)C(C)(C)CCC2. The Balaban J connectivity index is 1.90. The number of rotatable bonds is 3. The second-order valence-corrected chi connectivity index (χ2v) is 8.92. The fourth-order valence-electron chi connectivity index (χ4n) is 4.55. The minimum atomic E-state index is -0.282. The van der Waals surface area contributed by atoms with Crippen LogP contribution in [0.1, 0.15) is 70.2 Å². The average Bonchev–Trinajstić information content (AvgIpc) is 2.56. The number of methoxy groups -OCH3 is 1. The molecule has 0 amide bonds. The zero-order chi connectivity index (χ0) is 18.2. The highest BCUT2D eigenvalue weighted by molar-refractivity contribution is 5.95. The Labute approximate surface area is 151 Å². The molecule has 0 spiro atoms. The molecule has 0 fully saturated rings. The molecule has 3 rings (SSSR count). The van der Waals surface area contributed by atoms with Crippen molar-refractivity contribution in [1.29, 1.82) is 0 Å². The maximum absolute atomic E-state index is 12.1. The number of hydrogen-bond acceptors (Lipinski definition) is 3. The number of hydrogen-bond donors (Lipinski definition) is 1. The number of anilines is 1. The van der Waals surface area contributed by atoms with Gasteiger partial charge in [0, 0.05) is 11.7 Å². The Bertz CT molecular complexity index is 700. The van der Waals surface area contributed by atoms with Crippen molar-refractivity contribution in [2.45, 2.75) is 65.8 Å². The van der Waals surface area contributed by atoms with Gasteiger partial charge in [0.2, 0.25) is 0 Å². The standard InChI is InChI=1S/C22H31NO2/c1-21(2)12-8-9-15-13-19(22(3,4)14-17(15)21)23-18-11-7-6-10-16(18)20(24)25-5/h6-7,10-11,19,23H,8-9,12-14H2,1-5H3/t19-/m0/s1. The largest absolute Gasteiger partial charge is 0.465 e. The maximum atomic E-state index is 12.1. The van der Waals surface area contributed by atoms with Crippen LogP contribution in [0.25, 0.3) is 0 Å². The monoisotopic (exact) mass is 341 g/mol. The van der Waals surface area contributed by atoms with E-state index in [0.29, 0.717) is 17.0 Å². The van der Waals surface area contributed by atoms with Crippen LogP contribution in [0.2, 0.25) is 0 Å². The first-order valence-corrected chi connectivity index (χ1v) is 9.40. The number of carbonyl (C=O) groups excluding carboxylic acids is 1. The highest BCUT2D eigenvalue weighted by atomic mass is 16.5. The van der Waals surface area contributed by atoms with Gasteiger partial charge in [-0.3, -0.25) is 0 Å². The first-order chi connectivity index (χ1) is 11.7. The van der Waals surface area contributed by atoms with Gasteiger partial charge < -0.3 is 10.1 Å². The molecule has 0 bridgehead atoms. The predicted molar refractivity (Wildman–Crippen MR) is 103 cm³/mol. The first-order valence-electron chi connectivity index (χ1n) is 9.40. The molecule has 3 heteroatoms. The fraction of sp³-hybridized carbons (Fsp3) is 0.591. The van der Waals surface area contributed by atoms with E-state index in [1.807, 2.05) is 24.3 Å². The van der Waals surface area contributed by atoms with Gasteiger partial charge in [-0.15, -0.1) is 0 Å². The molecule has 0 radical (unpaired) electrons. The summed E-state index contributed by atoms with van der Waals surface area (Å²) in [4.78, 5) is 12.1. The molecular formula is C22H31NO2. The van der Waals surface area contributed by atoms with E-state index in [1.54, 1.807) is 11.1 Å². The molecule has 3 nitrogen and oxygen atoms in total. The van der Waals surface area contributed by atoms with Crippen LogP contribution < -0.4 is 5.32 Å². The summed E-state index contributed by atoms with van der Waals surface area (Å²) in [7, 11) is 1.44. The molecule has 136 valence electrons. The second kappa shape index (κ2) is 6.51. The zero-order valence-electron chi connectivity index (χ0n) is 16.2. The van der Waals surface area contributed by atoms with E-state index in [1.165, 1.54) is 26.4 Å². The van der Waals surface area contributed by atoms with Gasteiger partial charge in [-0.25, -0.2) is 4.79 Å². The van der Waals surface area contributed by atoms with Crippen LogP contribution in [-0.2, 0) is 4.74 Å². The van der Waals surface area contributed by atoms with Crippen LogP contribution in [0.15, 0.2) is 35.4 Å². The van der Waals surface area contributed by atoms with Crippen LogP contribution in [0.5, 0.6) is 0 Å². The Morgan fingerprint density at radius 2 is 1.92 bits per heavy atom. The summed E-state index contributed by atoms with van der Waals surface area (Å²) >= 11 is 0. The van der Waals surface area contributed by atoms with Gasteiger partial charge >= 0.3 is 5.97 Å². The lowest BCUT2D eigenvalue weighted by molar-refractivity contribution is 0.0601. The minimum absolute atomic E-state index is 0.149. The summed E-state index contributed by atoms with van der Waals surface area (Å²) in [5, 5.41) is 3.68. The van der Waals surface area contributed by atoms with Crippen LogP contribution >= 0.6 is 0 Å².